The van der Waals surface area contributed by atoms with Gasteiger partial charge in [0.25, 0.3) is 0 Å². The van der Waals surface area contributed by atoms with Gasteiger partial charge in [-0.25, -0.2) is 4.79 Å². The number of carbonyl (C=O) groups excluding carboxylic acids is 2. The molecule has 8 nitrogen and oxygen atoms in total. The van der Waals surface area contributed by atoms with E-state index < -0.39 is 0 Å². The van der Waals surface area contributed by atoms with E-state index >= 15 is 0 Å². The molecule has 0 aromatic heterocycles. The minimum absolute atomic E-state index is 0.0627. The van der Waals surface area contributed by atoms with Crippen LogP contribution in [-0.2, 0) is 11.3 Å². The number of nitrogens with one attached hydrogen (secondary N) is 2. The summed E-state index contributed by atoms with van der Waals surface area (Å²) < 4.78 is 15.8. The van der Waals surface area contributed by atoms with Gasteiger partial charge in [0.05, 0.1) is 27.4 Å². The molecule has 0 unspecified atom stereocenters. The van der Waals surface area contributed by atoms with Crippen LogP contribution in [0, 0.1) is 0 Å². The first-order chi connectivity index (χ1) is 14.0. The van der Waals surface area contributed by atoms with E-state index in [1.165, 1.54) is 0 Å². The lowest BCUT2D eigenvalue weighted by Gasteiger charge is -2.19. The van der Waals surface area contributed by atoms with Crippen molar-refractivity contribution in [3.05, 3.63) is 48.0 Å². The van der Waals surface area contributed by atoms with Crippen molar-refractivity contribution in [1.82, 2.24) is 10.6 Å². The summed E-state index contributed by atoms with van der Waals surface area (Å²) in [5.74, 6) is 1.78. The fourth-order valence-corrected chi connectivity index (χ4v) is 3.31. The molecule has 2 aromatic rings. The van der Waals surface area contributed by atoms with E-state index in [0.29, 0.717) is 36.0 Å². The fourth-order valence-electron chi connectivity index (χ4n) is 3.31. The molecule has 3 amide bonds. The second-order valence-corrected chi connectivity index (χ2v) is 6.58. The van der Waals surface area contributed by atoms with Crippen LogP contribution in [0.5, 0.6) is 17.2 Å². The number of hydrogen-bond donors (Lipinski definition) is 2. The Morgan fingerprint density at radius 3 is 2.48 bits per heavy atom. The molecule has 1 aliphatic rings. The van der Waals surface area contributed by atoms with E-state index in [1.54, 1.807) is 44.4 Å². The van der Waals surface area contributed by atoms with Crippen molar-refractivity contribution in [3.63, 3.8) is 0 Å². The van der Waals surface area contributed by atoms with Gasteiger partial charge in [0.1, 0.15) is 5.75 Å². The summed E-state index contributed by atoms with van der Waals surface area (Å²) in [7, 11) is 4.69. The highest BCUT2D eigenvalue weighted by atomic mass is 16.5. The van der Waals surface area contributed by atoms with Crippen LogP contribution in [0.15, 0.2) is 42.5 Å². The van der Waals surface area contributed by atoms with E-state index in [1.807, 2.05) is 24.3 Å². The smallest absolute Gasteiger partial charge is 0.315 e. The molecule has 2 N–H and O–H groups in total. The third kappa shape index (κ3) is 4.71. The first kappa shape index (κ1) is 20.3. The van der Waals surface area contributed by atoms with Gasteiger partial charge in [-0.05, 0) is 18.2 Å². The summed E-state index contributed by atoms with van der Waals surface area (Å²) in [6.07, 6.45) is 0.233. The molecule has 154 valence electrons. The number of methoxy groups -OCH3 is 3. The first-order valence-electron chi connectivity index (χ1n) is 9.24. The van der Waals surface area contributed by atoms with E-state index in [-0.39, 0.29) is 24.4 Å². The van der Waals surface area contributed by atoms with Crippen molar-refractivity contribution in [3.8, 4) is 17.2 Å². The van der Waals surface area contributed by atoms with Crippen LogP contribution >= 0.6 is 0 Å². The van der Waals surface area contributed by atoms with Gasteiger partial charge in [-0.3, -0.25) is 4.79 Å². The van der Waals surface area contributed by atoms with Crippen molar-refractivity contribution in [2.45, 2.75) is 19.0 Å². The molecule has 1 saturated heterocycles. The van der Waals surface area contributed by atoms with Crippen LogP contribution in [0.4, 0.5) is 10.5 Å². The third-order valence-corrected chi connectivity index (χ3v) is 4.77. The van der Waals surface area contributed by atoms with Crippen LogP contribution in [0.3, 0.4) is 0 Å². The predicted molar refractivity (Wildman–Crippen MR) is 109 cm³/mol. The maximum absolute atomic E-state index is 12.4. The van der Waals surface area contributed by atoms with Crippen LogP contribution in [0.2, 0.25) is 0 Å². The number of para-hydroxylation sites is 1. The molecular formula is C21H25N3O5. The van der Waals surface area contributed by atoms with Crippen molar-refractivity contribution in [1.29, 1.82) is 0 Å². The largest absolute Gasteiger partial charge is 0.496 e. The molecule has 0 bridgehead atoms. The van der Waals surface area contributed by atoms with Gasteiger partial charge in [0.2, 0.25) is 5.91 Å². The van der Waals surface area contributed by atoms with Gasteiger partial charge in [-0.15, -0.1) is 0 Å². The third-order valence-electron chi connectivity index (χ3n) is 4.77. The summed E-state index contributed by atoms with van der Waals surface area (Å²) >= 11 is 0. The second kappa shape index (κ2) is 9.18. The number of hydrogen-bond acceptors (Lipinski definition) is 5. The zero-order chi connectivity index (χ0) is 20.8. The number of anilines is 1. The molecule has 2 aromatic carbocycles. The maximum atomic E-state index is 12.4. The summed E-state index contributed by atoms with van der Waals surface area (Å²) in [6, 6.07) is 12.2. The zero-order valence-electron chi connectivity index (χ0n) is 16.7. The predicted octanol–water partition coefficient (Wildman–Crippen LogP) is 2.32. The molecule has 0 aliphatic carbocycles. The monoisotopic (exact) mass is 399 g/mol. The number of amides is 3. The summed E-state index contributed by atoms with van der Waals surface area (Å²) in [4.78, 5) is 26.4. The summed E-state index contributed by atoms with van der Waals surface area (Å²) in [5, 5.41) is 5.67. The van der Waals surface area contributed by atoms with Crippen molar-refractivity contribution >= 4 is 17.6 Å². The van der Waals surface area contributed by atoms with Crippen LogP contribution in [0.25, 0.3) is 0 Å². The van der Waals surface area contributed by atoms with E-state index in [4.69, 9.17) is 14.2 Å². The molecule has 0 saturated carbocycles. The molecule has 1 fully saturated rings. The van der Waals surface area contributed by atoms with Gasteiger partial charge in [0.15, 0.2) is 11.5 Å². The number of urea groups is 1. The lowest BCUT2D eigenvalue weighted by molar-refractivity contribution is -0.117. The molecule has 3 rings (SSSR count). The van der Waals surface area contributed by atoms with Crippen molar-refractivity contribution in [2.75, 3.05) is 32.8 Å². The highest BCUT2D eigenvalue weighted by Gasteiger charge is 2.32. The maximum Gasteiger partial charge on any atom is 0.315 e. The van der Waals surface area contributed by atoms with E-state index in [9.17, 15) is 9.59 Å². The van der Waals surface area contributed by atoms with Gasteiger partial charge >= 0.3 is 6.03 Å². The van der Waals surface area contributed by atoms with Crippen LogP contribution < -0.4 is 29.7 Å². The Morgan fingerprint density at radius 1 is 1.03 bits per heavy atom. The number of ether oxygens (including phenoxy) is 3. The zero-order valence-corrected chi connectivity index (χ0v) is 16.7. The molecule has 29 heavy (non-hydrogen) atoms. The molecule has 8 heteroatoms. The van der Waals surface area contributed by atoms with Gasteiger partial charge in [0, 0.05) is 36.8 Å². The minimum atomic E-state index is -0.331. The molecular weight excluding hydrogens is 374 g/mol. The van der Waals surface area contributed by atoms with Crippen molar-refractivity contribution in [2.24, 2.45) is 0 Å². The second-order valence-electron chi connectivity index (χ2n) is 6.58. The summed E-state index contributed by atoms with van der Waals surface area (Å²) in [6.45, 7) is 0.715. The normalized spacial score (nSPS) is 15.8. The Hall–Kier alpha value is -3.42. The average Bonchev–Trinajstić information content (AvgIpc) is 3.11. The Balaban J connectivity index is 1.58. The molecule has 1 heterocycles. The minimum Gasteiger partial charge on any atom is -0.496 e. The van der Waals surface area contributed by atoms with E-state index in [0.717, 1.165) is 5.56 Å². The van der Waals surface area contributed by atoms with Crippen LogP contribution in [0.1, 0.15) is 12.0 Å². The number of benzene rings is 2. The number of carbonyl (C=O) groups is 2. The van der Waals surface area contributed by atoms with E-state index in [2.05, 4.69) is 10.6 Å². The number of nitrogens with zero attached hydrogens (tertiary/aromatic N) is 1. The molecule has 0 radical (unpaired) electrons. The number of rotatable bonds is 7. The van der Waals surface area contributed by atoms with Gasteiger partial charge in [-0.1, -0.05) is 18.2 Å². The highest BCUT2D eigenvalue weighted by molar-refractivity contribution is 5.97. The first-order valence-corrected chi connectivity index (χ1v) is 9.24. The molecule has 0 spiro atoms. The quantitative estimate of drug-likeness (QED) is 0.746. The molecule has 1 aliphatic heterocycles. The van der Waals surface area contributed by atoms with Gasteiger partial charge < -0.3 is 29.7 Å². The lowest BCUT2D eigenvalue weighted by atomic mass is 10.2. The lowest BCUT2D eigenvalue weighted by Crippen LogP contribution is -2.43. The average molecular weight is 399 g/mol. The summed E-state index contributed by atoms with van der Waals surface area (Å²) in [5.41, 5.74) is 1.57. The SMILES string of the molecule is COc1ccccc1CNC(=O)N[C@H]1CC(=O)N(c2ccc(OC)c(OC)c2)C1. The van der Waals surface area contributed by atoms with Crippen molar-refractivity contribution < 1.29 is 23.8 Å². The topological polar surface area (TPSA) is 89.1 Å². The van der Waals surface area contributed by atoms with Gasteiger partial charge in [-0.2, -0.15) is 0 Å². The Kier molecular flexibility index (Phi) is 6.43. The molecule has 1 atom stereocenters. The fraction of sp³-hybridized carbons (Fsp3) is 0.333. The standard InChI is InChI=1S/C21H25N3O5/c1-27-17-7-5-4-6-14(17)12-22-21(26)23-15-10-20(25)24(13-15)16-8-9-18(28-2)19(11-16)29-3/h4-9,11,15H,10,12-13H2,1-3H3,(H2,22,23,26)/t15-/m0/s1. The Bertz CT molecular complexity index is 886. The Morgan fingerprint density at radius 2 is 1.76 bits per heavy atom. The Labute approximate surface area is 169 Å². The van der Waals surface area contributed by atoms with Crippen LogP contribution in [-0.4, -0.2) is 45.9 Å². The highest BCUT2D eigenvalue weighted by Crippen LogP contribution is 2.33.